The fourth-order valence-corrected chi connectivity index (χ4v) is 4.09. The Morgan fingerprint density at radius 3 is 2.33 bits per heavy atom. The molecule has 0 saturated heterocycles. The van der Waals surface area contributed by atoms with E-state index in [1.807, 2.05) is 19.1 Å². The Morgan fingerprint density at radius 1 is 1.05 bits per heavy atom. The van der Waals surface area contributed by atoms with Crippen molar-refractivity contribution in [3.8, 4) is 0 Å². The summed E-state index contributed by atoms with van der Waals surface area (Å²) in [5.74, 6) is 0. The van der Waals surface area contributed by atoms with Crippen molar-refractivity contribution in [3.63, 3.8) is 0 Å². The van der Waals surface area contributed by atoms with Crippen molar-refractivity contribution < 1.29 is 0 Å². The van der Waals surface area contributed by atoms with Crippen LogP contribution in [0.5, 0.6) is 0 Å². The second kappa shape index (κ2) is 7.34. The molecule has 0 aliphatic rings. The molecule has 2 aromatic rings. The van der Waals surface area contributed by atoms with Crippen molar-refractivity contribution in [2.45, 2.75) is 33.2 Å². The van der Waals surface area contributed by atoms with Crippen molar-refractivity contribution in [1.82, 2.24) is 5.32 Å². The Hall–Kier alpha value is -0.250. The van der Waals surface area contributed by atoms with E-state index in [1.165, 1.54) is 16.9 Å². The van der Waals surface area contributed by atoms with Crippen LogP contribution in [0.15, 0.2) is 18.2 Å². The van der Waals surface area contributed by atoms with Crippen molar-refractivity contribution in [1.29, 1.82) is 0 Å². The Kier molecular flexibility index (Phi) is 5.98. The quantitative estimate of drug-likeness (QED) is 0.647. The zero-order valence-corrected chi connectivity index (χ0v) is 15.4. The molecule has 0 fully saturated rings. The summed E-state index contributed by atoms with van der Waals surface area (Å²) in [5, 5.41) is 4.36. The standard InChI is InChI=1S/C16H18Cl3NS/c1-4-5-20-15(12-8-14(18)21-16(12)19)11-6-10(3)13(17)7-9(11)2/h6-8,15,20H,4-5H2,1-3H3. The molecule has 1 nitrogen and oxygen atoms in total. The predicted octanol–water partition coefficient (Wildman–Crippen LogP) is 6.41. The number of thiophene rings is 1. The molecule has 1 unspecified atom stereocenters. The van der Waals surface area contributed by atoms with Crippen LogP contribution in [0.4, 0.5) is 0 Å². The molecular weight excluding hydrogens is 345 g/mol. The smallest absolute Gasteiger partial charge is 0.0995 e. The zero-order chi connectivity index (χ0) is 15.6. The fraction of sp³-hybridized carbons (Fsp3) is 0.375. The van der Waals surface area contributed by atoms with E-state index in [-0.39, 0.29) is 6.04 Å². The van der Waals surface area contributed by atoms with Crippen LogP contribution >= 0.6 is 46.1 Å². The average molecular weight is 363 g/mol. The fourth-order valence-electron chi connectivity index (χ4n) is 2.34. The Balaban J connectivity index is 2.50. The summed E-state index contributed by atoms with van der Waals surface area (Å²) in [6, 6.07) is 6.13. The lowest BCUT2D eigenvalue weighted by Gasteiger charge is -2.22. The van der Waals surface area contributed by atoms with Gasteiger partial charge in [0, 0.05) is 10.6 Å². The first-order valence-corrected chi connectivity index (χ1v) is 8.83. The molecule has 1 aromatic carbocycles. The first-order valence-electron chi connectivity index (χ1n) is 6.88. The zero-order valence-electron chi connectivity index (χ0n) is 12.3. The average Bonchev–Trinajstić information content (AvgIpc) is 2.75. The third-order valence-electron chi connectivity index (χ3n) is 3.45. The van der Waals surface area contributed by atoms with Crippen LogP contribution in [-0.4, -0.2) is 6.54 Å². The summed E-state index contributed by atoms with van der Waals surface area (Å²) in [5.41, 5.74) is 4.45. The highest BCUT2D eigenvalue weighted by atomic mass is 35.5. The Morgan fingerprint density at radius 2 is 1.76 bits per heavy atom. The first-order chi connectivity index (χ1) is 9.93. The Bertz CT molecular complexity index is 637. The molecular formula is C16H18Cl3NS. The third kappa shape index (κ3) is 3.94. The summed E-state index contributed by atoms with van der Waals surface area (Å²) in [7, 11) is 0. The molecule has 0 amide bonds. The van der Waals surface area contributed by atoms with Gasteiger partial charge in [-0.2, -0.15) is 0 Å². The van der Waals surface area contributed by atoms with E-state index in [4.69, 9.17) is 34.8 Å². The highest BCUT2D eigenvalue weighted by Gasteiger charge is 2.21. The monoisotopic (exact) mass is 361 g/mol. The minimum Gasteiger partial charge on any atom is -0.306 e. The minimum absolute atomic E-state index is 0.0390. The maximum absolute atomic E-state index is 6.36. The maximum Gasteiger partial charge on any atom is 0.0995 e. The van der Waals surface area contributed by atoms with Crippen molar-refractivity contribution in [2.24, 2.45) is 0 Å². The molecule has 1 N–H and O–H groups in total. The summed E-state index contributed by atoms with van der Waals surface area (Å²) >= 11 is 20.1. The van der Waals surface area contributed by atoms with Crippen molar-refractivity contribution in [2.75, 3.05) is 6.54 Å². The van der Waals surface area contributed by atoms with Gasteiger partial charge in [-0.1, -0.05) is 47.8 Å². The highest BCUT2D eigenvalue weighted by molar-refractivity contribution is 7.20. The number of rotatable bonds is 5. The molecule has 0 saturated carbocycles. The van der Waals surface area contributed by atoms with E-state index in [2.05, 4.69) is 25.2 Å². The number of hydrogen-bond donors (Lipinski definition) is 1. The molecule has 5 heteroatoms. The second-order valence-corrected chi connectivity index (χ2v) is 7.82. The molecule has 1 atom stereocenters. The van der Waals surface area contributed by atoms with E-state index in [1.54, 1.807) is 0 Å². The number of hydrogen-bond acceptors (Lipinski definition) is 2. The molecule has 0 bridgehead atoms. The van der Waals surface area contributed by atoms with E-state index < -0.39 is 0 Å². The largest absolute Gasteiger partial charge is 0.306 e. The van der Waals surface area contributed by atoms with Crippen LogP contribution < -0.4 is 5.32 Å². The number of nitrogens with one attached hydrogen (secondary N) is 1. The van der Waals surface area contributed by atoms with Crippen molar-refractivity contribution >= 4 is 46.1 Å². The molecule has 1 heterocycles. The highest BCUT2D eigenvalue weighted by Crippen LogP contribution is 2.39. The molecule has 2 rings (SSSR count). The lowest BCUT2D eigenvalue weighted by atomic mass is 9.95. The number of halogens is 3. The normalized spacial score (nSPS) is 12.7. The lowest BCUT2D eigenvalue weighted by molar-refractivity contribution is 0.597. The minimum atomic E-state index is 0.0390. The van der Waals surface area contributed by atoms with Crippen LogP contribution in [0, 0.1) is 13.8 Å². The lowest BCUT2D eigenvalue weighted by Crippen LogP contribution is -2.24. The predicted molar refractivity (Wildman–Crippen MR) is 95.4 cm³/mol. The van der Waals surface area contributed by atoms with Gasteiger partial charge in [-0.05, 0) is 55.6 Å². The van der Waals surface area contributed by atoms with Gasteiger partial charge < -0.3 is 5.32 Å². The van der Waals surface area contributed by atoms with E-state index in [9.17, 15) is 0 Å². The first kappa shape index (κ1) is 17.1. The van der Waals surface area contributed by atoms with Crippen LogP contribution in [0.3, 0.4) is 0 Å². The van der Waals surface area contributed by atoms with Crippen LogP contribution in [0.2, 0.25) is 13.7 Å². The summed E-state index contributed by atoms with van der Waals surface area (Å²) < 4.78 is 1.45. The topological polar surface area (TPSA) is 12.0 Å². The van der Waals surface area contributed by atoms with Gasteiger partial charge in [0.15, 0.2) is 0 Å². The molecule has 1 aromatic heterocycles. The number of aryl methyl sites for hydroxylation is 2. The summed E-state index contributed by atoms with van der Waals surface area (Å²) in [4.78, 5) is 0. The van der Waals surface area contributed by atoms with Crippen LogP contribution in [0.1, 0.15) is 41.6 Å². The molecule has 0 aliphatic carbocycles. The van der Waals surface area contributed by atoms with Gasteiger partial charge in [0.2, 0.25) is 0 Å². The molecule has 0 spiro atoms. The third-order valence-corrected chi connectivity index (χ3v) is 5.38. The van der Waals surface area contributed by atoms with Gasteiger partial charge in [0.1, 0.15) is 0 Å². The second-order valence-electron chi connectivity index (χ2n) is 5.12. The molecule has 0 aliphatic heterocycles. The van der Waals surface area contributed by atoms with Crippen LogP contribution in [0.25, 0.3) is 0 Å². The van der Waals surface area contributed by atoms with Gasteiger partial charge in [0.05, 0.1) is 14.7 Å². The van der Waals surface area contributed by atoms with Crippen molar-refractivity contribution in [3.05, 3.63) is 54.1 Å². The van der Waals surface area contributed by atoms with Gasteiger partial charge in [0.25, 0.3) is 0 Å². The van der Waals surface area contributed by atoms with E-state index in [0.29, 0.717) is 4.34 Å². The molecule has 114 valence electrons. The Labute approximate surface area is 145 Å². The van der Waals surface area contributed by atoms with Crippen LogP contribution in [-0.2, 0) is 0 Å². The summed E-state index contributed by atoms with van der Waals surface area (Å²) in [6.07, 6.45) is 1.05. The molecule has 21 heavy (non-hydrogen) atoms. The number of benzene rings is 1. The maximum atomic E-state index is 6.36. The van der Waals surface area contributed by atoms with Gasteiger partial charge in [-0.25, -0.2) is 0 Å². The SMILES string of the molecule is CCCNC(c1cc(C)c(Cl)cc1C)c1cc(Cl)sc1Cl. The van der Waals surface area contributed by atoms with Gasteiger partial charge in [-0.3, -0.25) is 0 Å². The van der Waals surface area contributed by atoms with E-state index >= 15 is 0 Å². The van der Waals surface area contributed by atoms with Gasteiger partial charge >= 0.3 is 0 Å². The van der Waals surface area contributed by atoms with Gasteiger partial charge in [-0.15, -0.1) is 11.3 Å². The summed E-state index contributed by atoms with van der Waals surface area (Å²) in [6.45, 7) is 7.15. The molecule has 0 radical (unpaired) electrons. The van der Waals surface area contributed by atoms with E-state index in [0.717, 1.165) is 39.0 Å².